The highest BCUT2D eigenvalue weighted by molar-refractivity contribution is 5.56. The van der Waals surface area contributed by atoms with Crippen LogP contribution in [0.15, 0.2) is 30.3 Å². The van der Waals surface area contributed by atoms with Gasteiger partial charge in [-0.25, -0.2) is 4.98 Å². The van der Waals surface area contributed by atoms with Crippen molar-refractivity contribution in [2.75, 3.05) is 18.4 Å². The summed E-state index contributed by atoms with van der Waals surface area (Å²) in [6, 6.07) is 10.1. The van der Waals surface area contributed by atoms with Gasteiger partial charge in [-0.15, -0.1) is 0 Å². The van der Waals surface area contributed by atoms with Crippen molar-refractivity contribution in [1.29, 1.82) is 0 Å². The van der Waals surface area contributed by atoms with Crippen LogP contribution in [0.4, 0.5) is 5.82 Å². The van der Waals surface area contributed by atoms with E-state index >= 15 is 0 Å². The second-order valence-corrected chi connectivity index (χ2v) is 7.82. The molecule has 1 fully saturated rings. The molecule has 148 valence electrons. The minimum Gasteiger partial charge on any atom is -0.508 e. The molecule has 1 aliphatic heterocycles. The lowest BCUT2D eigenvalue weighted by Gasteiger charge is -2.33. The topological polar surface area (TPSA) is 65.7 Å². The largest absolute Gasteiger partial charge is 0.508 e. The lowest BCUT2D eigenvalue weighted by atomic mass is 10.0. The van der Waals surface area contributed by atoms with Gasteiger partial charge in [-0.05, 0) is 57.4 Å². The Kier molecular flexibility index (Phi) is 5.22. The smallest absolute Gasteiger partial charge is 0.160 e. The summed E-state index contributed by atoms with van der Waals surface area (Å²) in [5, 5.41) is 18.2. The van der Waals surface area contributed by atoms with E-state index in [1.165, 1.54) is 0 Å². The van der Waals surface area contributed by atoms with Crippen molar-refractivity contribution in [3.05, 3.63) is 52.8 Å². The molecular weight excluding hydrogens is 350 g/mol. The molecule has 1 saturated heterocycles. The number of nitrogens with zero attached hydrogens (tertiary/aromatic N) is 4. The highest BCUT2D eigenvalue weighted by Gasteiger charge is 2.22. The molecule has 1 aliphatic rings. The number of hydrogen-bond donors (Lipinski definition) is 2. The van der Waals surface area contributed by atoms with E-state index in [-0.39, 0.29) is 0 Å². The fraction of sp³-hybridized carbons (Fsp3) is 0.455. The number of anilines is 1. The van der Waals surface area contributed by atoms with Gasteiger partial charge in [0.2, 0.25) is 0 Å². The number of likely N-dealkylation sites (tertiary alicyclic amines) is 1. The van der Waals surface area contributed by atoms with E-state index in [0.29, 0.717) is 11.8 Å². The number of benzene rings is 1. The van der Waals surface area contributed by atoms with Gasteiger partial charge in [0.05, 0.1) is 5.69 Å². The molecule has 28 heavy (non-hydrogen) atoms. The van der Waals surface area contributed by atoms with Crippen LogP contribution in [0.3, 0.4) is 0 Å². The molecule has 0 radical (unpaired) electrons. The third-order valence-corrected chi connectivity index (χ3v) is 5.65. The van der Waals surface area contributed by atoms with E-state index in [1.807, 2.05) is 23.6 Å². The van der Waals surface area contributed by atoms with Crippen molar-refractivity contribution in [2.24, 2.45) is 0 Å². The van der Waals surface area contributed by atoms with E-state index < -0.39 is 0 Å². The second-order valence-electron chi connectivity index (χ2n) is 7.82. The van der Waals surface area contributed by atoms with Gasteiger partial charge in [0.25, 0.3) is 0 Å². The first-order valence-corrected chi connectivity index (χ1v) is 10.2. The van der Waals surface area contributed by atoms with Crippen LogP contribution in [-0.4, -0.2) is 43.7 Å². The molecule has 1 aromatic carbocycles. The standard InChI is InChI=1S/C22H29N5O/c1-4-18-12-21(27-22(24-18)15(2)16(3)25-27)23-19-8-6-10-26(14-19)13-17-7-5-9-20(28)11-17/h5,7,9,11-12,19,23,28H,4,6,8,10,13-14H2,1-3H3/t19-/m1/s1. The quantitative estimate of drug-likeness (QED) is 0.708. The molecule has 0 bridgehead atoms. The zero-order valence-electron chi connectivity index (χ0n) is 16.9. The van der Waals surface area contributed by atoms with Crippen molar-refractivity contribution in [3.8, 4) is 5.75 Å². The van der Waals surface area contributed by atoms with Crippen LogP contribution in [0.5, 0.6) is 5.75 Å². The van der Waals surface area contributed by atoms with Gasteiger partial charge < -0.3 is 10.4 Å². The van der Waals surface area contributed by atoms with E-state index in [4.69, 9.17) is 10.1 Å². The van der Waals surface area contributed by atoms with Crippen LogP contribution < -0.4 is 5.32 Å². The summed E-state index contributed by atoms with van der Waals surface area (Å²) in [5.41, 5.74) is 5.36. The number of aromatic nitrogens is 3. The monoisotopic (exact) mass is 379 g/mol. The molecule has 0 aliphatic carbocycles. The molecule has 3 aromatic rings. The van der Waals surface area contributed by atoms with Gasteiger partial charge in [0.15, 0.2) is 5.65 Å². The summed E-state index contributed by atoms with van der Waals surface area (Å²) in [5.74, 6) is 1.36. The first-order chi connectivity index (χ1) is 13.5. The zero-order valence-corrected chi connectivity index (χ0v) is 16.9. The third kappa shape index (κ3) is 3.83. The highest BCUT2D eigenvalue weighted by Crippen LogP contribution is 2.22. The van der Waals surface area contributed by atoms with Crippen LogP contribution in [-0.2, 0) is 13.0 Å². The number of hydrogen-bond acceptors (Lipinski definition) is 5. The molecule has 4 rings (SSSR count). The fourth-order valence-corrected chi connectivity index (χ4v) is 4.00. The third-order valence-electron chi connectivity index (χ3n) is 5.65. The second kappa shape index (κ2) is 7.80. The molecule has 0 spiro atoms. The zero-order chi connectivity index (χ0) is 19.7. The van der Waals surface area contributed by atoms with Crippen LogP contribution in [0, 0.1) is 13.8 Å². The molecule has 2 N–H and O–H groups in total. The first-order valence-electron chi connectivity index (χ1n) is 10.2. The number of phenolic OH excluding ortho intramolecular Hbond substituents is 1. The molecule has 1 atom stereocenters. The molecule has 0 saturated carbocycles. The Balaban J connectivity index is 1.53. The normalized spacial score (nSPS) is 17.9. The minimum atomic E-state index is 0.333. The van der Waals surface area contributed by atoms with Crippen molar-refractivity contribution in [2.45, 2.75) is 52.6 Å². The SMILES string of the molecule is CCc1cc(N[C@@H]2CCCN(Cc3cccc(O)c3)C2)n2nc(C)c(C)c2n1. The summed E-state index contributed by atoms with van der Waals surface area (Å²) < 4.78 is 1.96. The molecule has 3 heterocycles. The maximum absolute atomic E-state index is 9.72. The minimum absolute atomic E-state index is 0.333. The number of nitrogens with one attached hydrogen (secondary N) is 1. The number of fused-ring (bicyclic) bond motifs is 1. The summed E-state index contributed by atoms with van der Waals surface area (Å²) in [6.07, 6.45) is 3.20. The Bertz CT molecular complexity index is 980. The molecule has 6 heteroatoms. The maximum atomic E-state index is 9.72. The molecule has 0 unspecified atom stereocenters. The van der Waals surface area contributed by atoms with E-state index in [2.05, 4.69) is 36.2 Å². The maximum Gasteiger partial charge on any atom is 0.160 e. The van der Waals surface area contributed by atoms with Crippen LogP contribution >= 0.6 is 0 Å². The predicted molar refractivity (Wildman–Crippen MR) is 112 cm³/mol. The summed E-state index contributed by atoms with van der Waals surface area (Å²) in [6.45, 7) is 9.18. The van der Waals surface area contributed by atoms with Crippen molar-refractivity contribution in [3.63, 3.8) is 0 Å². The average Bonchev–Trinajstić information content (AvgIpc) is 2.97. The van der Waals surface area contributed by atoms with Crippen molar-refractivity contribution < 1.29 is 5.11 Å². The van der Waals surface area contributed by atoms with Gasteiger partial charge in [0.1, 0.15) is 11.6 Å². The Hall–Kier alpha value is -2.60. The van der Waals surface area contributed by atoms with Gasteiger partial charge in [-0.1, -0.05) is 19.1 Å². The predicted octanol–water partition coefficient (Wildman–Crippen LogP) is 3.69. The van der Waals surface area contributed by atoms with Gasteiger partial charge >= 0.3 is 0 Å². The van der Waals surface area contributed by atoms with Gasteiger partial charge in [-0.3, -0.25) is 4.90 Å². The van der Waals surface area contributed by atoms with E-state index in [1.54, 1.807) is 6.07 Å². The van der Waals surface area contributed by atoms with Gasteiger partial charge in [-0.2, -0.15) is 9.61 Å². The van der Waals surface area contributed by atoms with E-state index in [0.717, 1.165) is 72.9 Å². The Morgan fingerprint density at radius 2 is 2.11 bits per heavy atom. The number of piperidine rings is 1. The number of aryl methyl sites for hydroxylation is 3. The van der Waals surface area contributed by atoms with Crippen molar-refractivity contribution >= 4 is 11.5 Å². The Morgan fingerprint density at radius 1 is 1.25 bits per heavy atom. The molecular formula is C22H29N5O. The molecule has 2 aromatic heterocycles. The molecule has 6 nitrogen and oxygen atoms in total. The number of phenols is 1. The van der Waals surface area contributed by atoms with Crippen LogP contribution in [0.25, 0.3) is 5.65 Å². The average molecular weight is 380 g/mol. The Morgan fingerprint density at radius 3 is 2.89 bits per heavy atom. The summed E-state index contributed by atoms with van der Waals surface area (Å²) in [7, 11) is 0. The van der Waals surface area contributed by atoms with E-state index in [9.17, 15) is 5.11 Å². The number of aromatic hydroxyl groups is 1. The fourth-order valence-electron chi connectivity index (χ4n) is 4.00. The number of rotatable bonds is 5. The first kappa shape index (κ1) is 18.7. The summed E-state index contributed by atoms with van der Waals surface area (Å²) in [4.78, 5) is 7.23. The van der Waals surface area contributed by atoms with Crippen LogP contribution in [0.2, 0.25) is 0 Å². The highest BCUT2D eigenvalue weighted by atomic mass is 16.3. The summed E-state index contributed by atoms with van der Waals surface area (Å²) >= 11 is 0. The Labute approximate surface area is 166 Å². The van der Waals surface area contributed by atoms with Crippen molar-refractivity contribution in [1.82, 2.24) is 19.5 Å². The lowest BCUT2D eigenvalue weighted by molar-refractivity contribution is 0.208. The van der Waals surface area contributed by atoms with Crippen LogP contribution in [0.1, 0.15) is 42.3 Å². The lowest BCUT2D eigenvalue weighted by Crippen LogP contribution is -2.42. The van der Waals surface area contributed by atoms with Gasteiger partial charge in [0, 0.05) is 36.5 Å². The molecule has 0 amide bonds.